The van der Waals surface area contributed by atoms with Gasteiger partial charge in [0.1, 0.15) is 5.00 Å². The maximum absolute atomic E-state index is 12.5. The number of amides is 1. The second-order valence-electron chi connectivity index (χ2n) is 5.97. The number of hydrogen-bond acceptors (Lipinski definition) is 7. The van der Waals surface area contributed by atoms with Crippen molar-refractivity contribution in [1.82, 2.24) is 4.90 Å². The van der Waals surface area contributed by atoms with Crippen molar-refractivity contribution in [1.29, 1.82) is 0 Å². The molecule has 1 amide bonds. The number of carbonyl (C=O) groups excluding carboxylic acids is 2. The molecule has 0 unspecified atom stereocenters. The number of likely N-dealkylation sites (N-methyl/N-ethyl adjacent to an activating group) is 1. The summed E-state index contributed by atoms with van der Waals surface area (Å²) in [6, 6.07) is 6.25. The zero-order valence-corrected chi connectivity index (χ0v) is 17.1. The van der Waals surface area contributed by atoms with Crippen LogP contribution in [0.4, 0.5) is 13.8 Å². The molecule has 2 aromatic rings. The zero-order valence-electron chi connectivity index (χ0n) is 16.2. The largest absolute Gasteiger partial charge is 0.493 e. The fourth-order valence-corrected chi connectivity index (χ4v) is 3.35. The molecule has 0 aliphatic carbocycles. The van der Waals surface area contributed by atoms with Gasteiger partial charge < -0.3 is 19.5 Å². The maximum atomic E-state index is 12.5. The lowest BCUT2D eigenvalue weighted by Crippen LogP contribution is -2.30. The summed E-state index contributed by atoms with van der Waals surface area (Å²) in [6.45, 7) is -0.691. The van der Waals surface area contributed by atoms with E-state index in [0.29, 0.717) is 22.7 Å². The molecule has 0 spiro atoms. The first kappa shape index (κ1) is 22.6. The van der Waals surface area contributed by atoms with Crippen LogP contribution in [0.1, 0.15) is 22.8 Å². The Morgan fingerprint density at radius 2 is 2.00 bits per heavy atom. The van der Waals surface area contributed by atoms with Gasteiger partial charge in [-0.1, -0.05) is 6.07 Å². The molecular formula is C19H22F2N2O5S. The van der Waals surface area contributed by atoms with Gasteiger partial charge in [0.05, 0.1) is 25.8 Å². The Bertz CT molecular complexity index is 844. The molecule has 10 heteroatoms. The van der Waals surface area contributed by atoms with Gasteiger partial charge in [0.15, 0.2) is 11.5 Å². The highest BCUT2D eigenvalue weighted by Gasteiger charge is 2.17. The lowest BCUT2D eigenvalue weighted by atomic mass is 10.2. The maximum Gasteiger partial charge on any atom is 0.387 e. The number of hydrogen-bond donors (Lipinski definition) is 1. The monoisotopic (exact) mass is 428 g/mol. The minimum Gasteiger partial charge on any atom is -0.493 e. The number of methoxy groups -OCH3 is 1. The molecule has 0 saturated carbocycles. The summed E-state index contributed by atoms with van der Waals surface area (Å²) in [5.74, 6) is -0.700. The standard InChI is InChI=1S/C19H22F2N2O5S/c1-4-27-18(25)13-7-8-29-17(13)22-16(24)11-23(2)10-12-5-6-14(26-3)15(9-12)28-19(20)21/h5-9,19H,4,10-11H2,1-3H3,(H,22,24). The summed E-state index contributed by atoms with van der Waals surface area (Å²) < 4.78 is 39.5. The number of thiophene rings is 1. The fraction of sp³-hybridized carbons (Fsp3) is 0.368. The van der Waals surface area contributed by atoms with Gasteiger partial charge in [0.25, 0.3) is 0 Å². The van der Waals surface area contributed by atoms with Crippen molar-refractivity contribution in [2.24, 2.45) is 0 Å². The lowest BCUT2D eigenvalue weighted by Gasteiger charge is -2.18. The molecule has 2 rings (SSSR count). The summed E-state index contributed by atoms with van der Waals surface area (Å²) in [4.78, 5) is 25.9. The molecule has 0 radical (unpaired) electrons. The molecule has 1 aromatic carbocycles. The Morgan fingerprint density at radius 3 is 2.66 bits per heavy atom. The number of anilines is 1. The third kappa shape index (κ3) is 6.68. The smallest absolute Gasteiger partial charge is 0.387 e. The van der Waals surface area contributed by atoms with Gasteiger partial charge in [-0.25, -0.2) is 4.79 Å². The van der Waals surface area contributed by atoms with Crippen LogP contribution in [0.3, 0.4) is 0 Å². The predicted molar refractivity (Wildman–Crippen MR) is 105 cm³/mol. The topological polar surface area (TPSA) is 77.1 Å². The number of benzene rings is 1. The van der Waals surface area contributed by atoms with E-state index in [1.807, 2.05) is 0 Å². The van der Waals surface area contributed by atoms with Gasteiger partial charge in [-0.15, -0.1) is 11.3 Å². The number of rotatable bonds is 10. The van der Waals surface area contributed by atoms with Crippen LogP contribution in [0, 0.1) is 0 Å². The highest BCUT2D eigenvalue weighted by Crippen LogP contribution is 2.30. The van der Waals surface area contributed by atoms with Crippen molar-refractivity contribution in [3.8, 4) is 11.5 Å². The van der Waals surface area contributed by atoms with Crippen molar-refractivity contribution in [3.63, 3.8) is 0 Å². The predicted octanol–water partition coefficient (Wildman–Crippen LogP) is 3.61. The van der Waals surface area contributed by atoms with Gasteiger partial charge in [-0.2, -0.15) is 8.78 Å². The fourth-order valence-electron chi connectivity index (χ4n) is 2.56. The highest BCUT2D eigenvalue weighted by atomic mass is 32.1. The molecule has 1 heterocycles. The summed E-state index contributed by atoms with van der Waals surface area (Å²) in [6.07, 6.45) is 0. The van der Waals surface area contributed by atoms with Crippen LogP contribution < -0.4 is 14.8 Å². The molecule has 7 nitrogen and oxygen atoms in total. The number of ether oxygens (including phenoxy) is 3. The molecule has 1 N–H and O–H groups in total. The summed E-state index contributed by atoms with van der Waals surface area (Å²) >= 11 is 1.22. The Balaban J connectivity index is 1.97. The highest BCUT2D eigenvalue weighted by molar-refractivity contribution is 7.14. The van der Waals surface area contributed by atoms with E-state index in [1.165, 1.54) is 30.6 Å². The Kier molecular flexibility index (Phi) is 8.34. The van der Waals surface area contributed by atoms with Gasteiger partial charge in [0.2, 0.25) is 5.91 Å². The zero-order chi connectivity index (χ0) is 21.4. The molecule has 0 aliphatic heterocycles. The molecule has 158 valence electrons. The summed E-state index contributed by atoms with van der Waals surface area (Å²) in [7, 11) is 3.07. The number of esters is 1. The Hall–Kier alpha value is -2.72. The van der Waals surface area contributed by atoms with Gasteiger partial charge >= 0.3 is 12.6 Å². The number of nitrogens with zero attached hydrogens (tertiary/aromatic N) is 1. The van der Waals surface area contributed by atoms with Crippen LogP contribution in [-0.4, -0.2) is 50.7 Å². The number of carbonyl (C=O) groups is 2. The van der Waals surface area contributed by atoms with Crippen molar-refractivity contribution < 1.29 is 32.6 Å². The quantitative estimate of drug-likeness (QED) is 0.583. The van der Waals surface area contributed by atoms with Gasteiger partial charge in [-0.3, -0.25) is 9.69 Å². The van der Waals surface area contributed by atoms with Crippen LogP contribution in [0.15, 0.2) is 29.6 Å². The van der Waals surface area contributed by atoms with E-state index in [-0.39, 0.29) is 30.6 Å². The van der Waals surface area contributed by atoms with Crippen molar-refractivity contribution in [2.45, 2.75) is 20.1 Å². The van der Waals surface area contributed by atoms with E-state index in [1.54, 1.807) is 36.4 Å². The van der Waals surface area contributed by atoms with E-state index in [0.717, 1.165) is 0 Å². The Morgan fingerprint density at radius 1 is 1.24 bits per heavy atom. The van der Waals surface area contributed by atoms with Crippen LogP contribution >= 0.6 is 11.3 Å². The van der Waals surface area contributed by atoms with Crippen LogP contribution in [0.2, 0.25) is 0 Å². The summed E-state index contributed by atoms with van der Waals surface area (Å²) in [5.41, 5.74) is 0.969. The SMILES string of the molecule is CCOC(=O)c1ccsc1NC(=O)CN(C)Cc1ccc(OC)c(OC(F)F)c1. The lowest BCUT2D eigenvalue weighted by molar-refractivity contribution is -0.117. The van der Waals surface area contributed by atoms with Gasteiger partial charge in [0, 0.05) is 6.54 Å². The first-order valence-corrected chi connectivity index (χ1v) is 9.56. The van der Waals surface area contributed by atoms with Crippen molar-refractivity contribution >= 4 is 28.2 Å². The molecule has 0 atom stereocenters. The number of alkyl halides is 2. The minimum absolute atomic E-state index is 0.0250. The second kappa shape index (κ2) is 10.7. The molecule has 0 bridgehead atoms. The third-order valence-corrected chi connectivity index (χ3v) is 4.55. The van der Waals surface area contributed by atoms with Crippen molar-refractivity contribution in [2.75, 3.05) is 32.6 Å². The van der Waals surface area contributed by atoms with Crippen LogP contribution in [0.5, 0.6) is 11.5 Å². The van der Waals surface area contributed by atoms with Crippen LogP contribution in [0.25, 0.3) is 0 Å². The second-order valence-corrected chi connectivity index (χ2v) is 6.88. The van der Waals surface area contributed by atoms with E-state index >= 15 is 0 Å². The average molecular weight is 428 g/mol. The van der Waals surface area contributed by atoms with E-state index < -0.39 is 12.6 Å². The molecule has 0 fully saturated rings. The number of nitrogens with one attached hydrogen (secondary N) is 1. The van der Waals surface area contributed by atoms with E-state index in [9.17, 15) is 18.4 Å². The van der Waals surface area contributed by atoms with Crippen LogP contribution in [-0.2, 0) is 16.1 Å². The molecule has 0 saturated heterocycles. The summed E-state index contributed by atoms with van der Waals surface area (Å²) in [5, 5.41) is 4.80. The Labute approximate surface area is 171 Å². The first-order valence-electron chi connectivity index (χ1n) is 8.68. The average Bonchev–Trinajstić information content (AvgIpc) is 3.09. The van der Waals surface area contributed by atoms with Gasteiger partial charge in [-0.05, 0) is 43.1 Å². The normalized spacial score (nSPS) is 10.9. The molecule has 1 aromatic heterocycles. The van der Waals surface area contributed by atoms with Crippen molar-refractivity contribution in [3.05, 3.63) is 40.8 Å². The molecular weight excluding hydrogens is 406 g/mol. The molecule has 0 aliphatic rings. The van der Waals surface area contributed by atoms with E-state index in [4.69, 9.17) is 9.47 Å². The molecule has 29 heavy (non-hydrogen) atoms. The van der Waals surface area contributed by atoms with E-state index in [2.05, 4.69) is 10.1 Å². The minimum atomic E-state index is -2.97. The third-order valence-electron chi connectivity index (χ3n) is 3.72. The first-order chi connectivity index (χ1) is 13.8. The number of halogens is 2.